The number of amides is 1. The number of rotatable bonds is 71. The monoisotopic (exact) mass is 1500 g/mol. The first-order chi connectivity index (χ1) is 51.3. The van der Waals surface area contributed by atoms with Crippen molar-refractivity contribution in [2.75, 3.05) is 26.4 Å². The van der Waals surface area contributed by atoms with E-state index in [9.17, 15) is 61.0 Å². The highest BCUT2D eigenvalue weighted by Crippen LogP contribution is 2.33. The van der Waals surface area contributed by atoms with Crippen molar-refractivity contribution in [2.24, 2.45) is 0 Å². The van der Waals surface area contributed by atoms with Gasteiger partial charge >= 0.3 is 0 Å². The Labute approximate surface area is 638 Å². The van der Waals surface area contributed by atoms with Gasteiger partial charge in [-0.25, -0.2) is 0 Å². The van der Waals surface area contributed by atoms with Gasteiger partial charge in [0.25, 0.3) is 0 Å². The summed E-state index contributed by atoms with van der Waals surface area (Å²) in [5.74, 6) is -0.267. The molecule has 3 rings (SSSR count). The third-order valence-corrected chi connectivity index (χ3v) is 21.9. The number of hydrogen-bond acceptors (Lipinski definition) is 18. The van der Waals surface area contributed by atoms with Gasteiger partial charge in [-0.1, -0.05) is 352 Å². The quantitative estimate of drug-likeness (QED) is 0.0199. The van der Waals surface area contributed by atoms with Crippen molar-refractivity contribution < 1.29 is 89.4 Å². The molecule has 19 heteroatoms. The van der Waals surface area contributed by atoms with Crippen molar-refractivity contribution in [3.8, 4) is 0 Å². The van der Waals surface area contributed by atoms with Gasteiger partial charge in [0.1, 0.15) is 73.2 Å². The Balaban J connectivity index is 1.32. The summed E-state index contributed by atoms with van der Waals surface area (Å²) in [5.41, 5.74) is 0. The van der Waals surface area contributed by atoms with Crippen molar-refractivity contribution in [2.45, 2.75) is 478 Å². The SMILES string of the molecule is CCCCCCC/C=C\C/C=C\CCCCCCCCCCCCCCCCCCCCCCCCCCCC(=O)NC(COC1OC(CO)C(OC2OC(CO)C(OC3OC(CO)C(O)C(O)C3O)C(O)C2O)C(O)C1O)C(O)/C=C/CCCCCCCCCCCCCCCCCCCCCCC. The Kier molecular flexibility index (Phi) is 61.7. The van der Waals surface area contributed by atoms with Crippen molar-refractivity contribution in [3.63, 3.8) is 0 Å². The molecule has 0 saturated carbocycles. The molecule has 0 spiro atoms. The topological polar surface area (TPSA) is 307 Å². The fourth-order valence-electron chi connectivity index (χ4n) is 14.9. The molecule has 105 heavy (non-hydrogen) atoms. The Bertz CT molecular complexity index is 2030. The van der Waals surface area contributed by atoms with Crippen LogP contribution in [0, 0.1) is 0 Å². The van der Waals surface area contributed by atoms with Gasteiger partial charge in [-0.15, -0.1) is 0 Å². The molecular formula is C86H161NO18. The summed E-state index contributed by atoms with van der Waals surface area (Å²) in [7, 11) is 0. The van der Waals surface area contributed by atoms with Crippen LogP contribution in [0.4, 0.5) is 0 Å². The Morgan fingerprint density at radius 3 is 0.971 bits per heavy atom. The summed E-state index contributed by atoms with van der Waals surface area (Å²) in [6.45, 7) is 1.79. The minimum atomic E-state index is -1.98. The molecule has 0 aromatic carbocycles. The zero-order valence-electron chi connectivity index (χ0n) is 66.5. The van der Waals surface area contributed by atoms with Crippen LogP contribution in [0.5, 0.6) is 0 Å². The van der Waals surface area contributed by atoms with Gasteiger partial charge < -0.3 is 89.9 Å². The zero-order chi connectivity index (χ0) is 76.0. The van der Waals surface area contributed by atoms with Crippen LogP contribution in [-0.2, 0) is 33.2 Å². The molecule has 3 fully saturated rings. The average Bonchev–Trinajstić information content (AvgIpc) is 0.779. The normalized spacial score (nSPS) is 25.9. The zero-order valence-corrected chi connectivity index (χ0v) is 66.5. The molecule has 3 aliphatic heterocycles. The molecule has 19 nitrogen and oxygen atoms in total. The number of hydrogen-bond donors (Lipinski definition) is 12. The maximum Gasteiger partial charge on any atom is 0.220 e. The van der Waals surface area contributed by atoms with Crippen molar-refractivity contribution in [3.05, 3.63) is 36.5 Å². The predicted molar refractivity (Wildman–Crippen MR) is 420 cm³/mol. The van der Waals surface area contributed by atoms with Gasteiger partial charge in [0.2, 0.25) is 5.91 Å². The highest BCUT2D eigenvalue weighted by atomic mass is 16.8. The highest BCUT2D eigenvalue weighted by molar-refractivity contribution is 5.76. The van der Waals surface area contributed by atoms with Crippen molar-refractivity contribution in [1.29, 1.82) is 0 Å². The van der Waals surface area contributed by atoms with Gasteiger partial charge in [-0.05, 0) is 51.4 Å². The number of unbranched alkanes of at least 4 members (excludes halogenated alkanes) is 51. The molecule has 12 N–H and O–H groups in total. The third-order valence-electron chi connectivity index (χ3n) is 21.9. The molecule has 0 radical (unpaired) electrons. The van der Waals surface area contributed by atoms with E-state index >= 15 is 0 Å². The van der Waals surface area contributed by atoms with E-state index in [-0.39, 0.29) is 18.9 Å². The molecule has 17 unspecified atom stereocenters. The second-order valence-corrected chi connectivity index (χ2v) is 31.4. The maximum atomic E-state index is 13.5. The molecule has 17 atom stereocenters. The number of aliphatic hydroxyl groups is 11. The second kappa shape index (κ2) is 66.6. The number of carbonyl (C=O) groups is 1. The minimum Gasteiger partial charge on any atom is -0.394 e. The van der Waals surface area contributed by atoms with Gasteiger partial charge in [-0.2, -0.15) is 0 Å². The van der Waals surface area contributed by atoms with Gasteiger partial charge in [0.15, 0.2) is 18.9 Å². The van der Waals surface area contributed by atoms with Crippen LogP contribution in [0.25, 0.3) is 0 Å². The summed E-state index contributed by atoms with van der Waals surface area (Å²) in [4.78, 5) is 13.5. The first-order valence-corrected chi connectivity index (χ1v) is 43.7. The Morgan fingerprint density at radius 1 is 0.343 bits per heavy atom. The molecule has 618 valence electrons. The Morgan fingerprint density at radius 2 is 0.629 bits per heavy atom. The summed E-state index contributed by atoms with van der Waals surface area (Å²) in [5, 5.41) is 121. The van der Waals surface area contributed by atoms with E-state index in [1.54, 1.807) is 6.08 Å². The molecular weight excluding hydrogens is 1330 g/mol. The predicted octanol–water partition coefficient (Wildman–Crippen LogP) is 15.9. The lowest BCUT2D eigenvalue weighted by molar-refractivity contribution is -0.379. The largest absolute Gasteiger partial charge is 0.394 e. The standard InChI is InChI=1S/C86H161NO18/c1-3-5-7-9-11-13-15-17-19-21-23-25-27-28-29-30-31-32-33-34-35-36-37-38-39-40-42-44-46-48-50-52-54-56-58-60-62-64-74(92)87-69(70(91)63-61-59-57-55-53-51-49-47-45-43-41-26-24-22-20-18-16-14-12-10-8-6-4-2)68-100-84-80(98)77(95)82(72(66-89)102-84)105-86-81(99)78(96)83(73(67-90)103-86)104-85-79(97)76(94)75(93)71(65-88)101-85/h15,17,21,23,61,63,69-73,75-86,88-91,93-99H,3-14,16,18-20,22,24-60,62,64-68H2,1-2H3,(H,87,92)/b17-15-,23-21-,63-61+. The Hall–Kier alpha value is -1.99. The first-order valence-electron chi connectivity index (χ1n) is 43.7. The summed E-state index contributed by atoms with van der Waals surface area (Å²) in [6.07, 6.45) is 57.2. The van der Waals surface area contributed by atoms with Crippen LogP contribution in [-0.4, -0.2) is 193 Å². The number of allylic oxidation sites excluding steroid dienone is 5. The third kappa shape index (κ3) is 46.0. The van der Waals surface area contributed by atoms with Gasteiger partial charge in [0, 0.05) is 6.42 Å². The van der Waals surface area contributed by atoms with E-state index in [1.165, 1.54) is 295 Å². The fourth-order valence-corrected chi connectivity index (χ4v) is 14.9. The first kappa shape index (κ1) is 97.2. The van der Waals surface area contributed by atoms with Gasteiger partial charge in [-0.3, -0.25) is 4.79 Å². The van der Waals surface area contributed by atoms with Crippen LogP contribution in [0.1, 0.15) is 373 Å². The van der Waals surface area contributed by atoms with Crippen LogP contribution < -0.4 is 5.32 Å². The van der Waals surface area contributed by atoms with Crippen LogP contribution >= 0.6 is 0 Å². The highest BCUT2D eigenvalue weighted by Gasteiger charge is 2.54. The minimum absolute atomic E-state index is 0.248. The van der Waals surface area contributed by atoms with Crippen LogP contribution in [0.15, 0.2) is 36.5 Å². The number of ether oxygens (including phenoxy) is 6. The van der Waals surface area contributed by atoms with Crippen molar-refractivity contribution in [1.82, 2.24) is 5.32 Å². The molecule has 0 aromatic rings. The van der Waals surface area contributed by atoms with Gasteiger partial charge in [0.05, 0.1) is 38.6 Å². The van der Waals surface area contributed by atoms with Crippen molar-refractivity contribution >= 4 is 5.91 Å². The van der Waals surface area contributed by atoms with E-state index in [4.69, 9.17) is 28.4 Å². The lowest BCUT2D eigenvalue weighted by Crippen LogP contribution is -2.66. The molecule has 0 aromatic heterocycles. The smallest absolute Gasteiger partial charge is 0.220 e. The molecule has 3 heterocycles. The fraction of sp³-hybridized carbons (Fsp3) is 0.919. The average molecular weight is 1500 g/mol. The van der Waals surface area contributed by atoms with E-state index < -0.39 is 124 Å². The molecule has 0 bridgehead atoms. The summed E-state index contributed by atoms with van der Waals surface area (Å²) < 4.78 is 34.5. The lowest BCUT2D eigenvalue weighted by Gasteiger charge is -2.48. The van der Waals surface area contributed by atoms with E-state index in [2.05, 4.69) is 43.5 Å². The van der Waals surface area contributed by atoms with E-state index in [0.29, 0.717) is 6.42 Å². The van der Waals surface area contributed by atoms with Crippen LogP contribution in [0.3, 0.4) is 0 Å². The summed E-state index contributed by atoms with van der Waals surface area (Å²) >= 11 is 0. The number of aliphatic hydroxyl groups excluding tert-OH is 11. The lowest BCUT2D eigenvalue weighted by atomic mass is 9.96. The number of carbonyl (C=O) groups excluding carboxylic acids is 1. The van der Waals surface area contributed by atoms with E-state index in [0.717, 1.165) is 51.4 Å². The van der Waals surface area contributed by atoms with E-state index in [1.807, 2.05) is 6.08 Å². The maximum absolute atomic E-state index is 13.5. The number of nitrogens with one attached hydrogen (secondary N) is 1. The molecule has 3 saturated heterocycles. The molecule has 3 aliphatic rings. The molecule has 0 aliphatic carbocycles. The molecule has 1 amide bonds. The van der Waals surface area contributed by atoms with Crippen LogP contribution in [0.2, 0.25) is 0 Å². The summed E-state index contributed by atoms with van der Waals surface area (Å²) in [6, 6.07) is -0.973. The second-order valence-electron chi connectivity index (χ2n) is 31.4.